The SMILES string of the molecule is COc1ccc(Cl)cc1CCN(C)CCCN. The molecular formula is C13H21ClN2O. The fourth-order valence-electron chi connectivity index (χ4n) is 1.73. The van der Waals surface area contributed by atoms with Gasteiger partial charge in [-0.15, -0.1) is 0 Å². The van der Waals surface area contributed by atoms with E-state index < -0.39 is 0 Å². The van der Waals surface area contributed by atoms with Gasteiger partial charge in [-0.2, -0.15) is 0 Å². The first kappa shape index (κ1) is 14.3. The molecule has 0 aliphatic carbocycles. The van der Waals surface area contributed by atoms with Gasteiger partial charge in [0.1, 0.15) is 5.75 Å². The van der Waals surface area contributed by atoms with Crippen LogP contribution in [0.25, 0.3) is 0 Å². The lowest BCUT2D eigenvalue weighted by atomic mass is 10.1. The van der Waals surface area contributed by atoms with Crippen LogP contribution in [0.4, 0.5) is 0 Å². The van der Waals surface area contributed by atoms with Gasteiger partial charge in [-0.3, -0.25) is 0 Å². The third kappa shape index (κ3) is 4.94. The molecule has 0 saturated carbocycles. The molecule has 96 valence electrons. The minimum atomic E-state index is 0.741. The number of hydrogen-bond acceptors (Lipinski definition) is 3. The molecule has 0 fully saturated rings. The Kier molecular flexibility index (Phi) is 6.34. The Bertz CT molecular complexity index is 344. The summed E-state index contributed by atoms with van der Waals surface area (Å²) in [5.41, 5.74) is 6.64. The van der Waals surface area contributed by atoms with Crippen molar-refractivity contribution < 1.29 is 4.74 Å². The van der Waals surface area contributed by atoms with Crippen LogP contribution in [0.5, 0.6) is 5.75 Å². The Morgan fingerprint density at radius 1 is 1.35 bits per heavy atom. The molecule has 0 aromatic heterocycles. The Balaban J connectivity index is 2.52. The van der Waals surface area contributed by atoms with Gasteiger partial charge in [0.05, 0.1) is 7.11 Å². The predicted molar refractivity (Wildman–Crippen MR) is 72.9 cm³/mol. The van der Waals surface area contributed by atoms with Crippen molar-refractivity contribution in [2.75, 3.05) is 33.8 Å². The van der Waals surface area contributed by atoms with Crippen LogP contribution in [0.15, 0.2) is 18.2 Å². The summed E-state index contributed by atoms with van der Waals surface area (Å²) in [7, 11) is 3.79. The number of nitrogens with zero attached hydrogens (tertiary/aromatic N) is 1. The summed E-state index contributed by atoms with van der Waals surface area (Å²) in [6.45, 7) is 2.75. The summed E-state index contributed by atoms with van der Waals surface area (Å²) < 4.78 is 5.32. The van der Waals surface area contributed by atoms with Crippen LogP contribution in [0.2, 0.25) is 5.02 Å². The van der Waals surface area contributed by atoms with Crippen molar-refractivity contribution in [1.82, 2.24) is 4.90 Å². The largest absolute Gasteiger partial charge is 0.496 e. The molecule has 2 N–H and O–H groups in total. The standard InChI is InChI=1S/C13H21ClN2O/c1-16(8-3-7-15)9-6-11-10-12(14)4-5-13(11)17-2/h4-5,10H,3,6-9,15H2,1-2H3. The van der Waals surface area contributed by atoms with Gasteiger partial charge in [-0.25, -0.2) is 0 Å². The molecule has 0 aliphatic rings. The zero-order chi connectivity index (χ0) is 12.7. The van der Waals surface area contributed by atoms with Crippen molar-refractivity contribution in [3.63, 3.8) is 0 Å². The quantitative estimate of drug-likeness (QED) is 0.813. The fraction of sp³-hybridized carbons (Fsp3) is 0.538. The predicted octanol–water partition coefficient (Wildman–Crippen LogP) is 2.17. The van der Waals surface area contributed by atoms with Gasteiger partial charge in [0.25, 0.3) is 0 Å². The first-order valence-corrected chi connectivity index (χ1v) is 6.26. The smallest absolute Gasteiger partial charge is 0.122 e. The molecule has 0 saturated heterocycles. The molecule has 0 spiro atoms. The molecule has 4 heteroatoms. The molecule has 0 heterocycles. The number of benzene rings is 1. The molecule has 3 nitrogen and oxygen atoms in total. The summed E-state index contributed by atoms with van der Waals surface area (Å²) in [5.74, 6) is 0.904. The maximum atomic E-state index is 5.99. The molecule has 0 amide bonds. The van der Waals surface area contributed by atoms with E-state index in [4.69, 9.17) is 22.1 Å². The molecule has 0 aliphatic heterocycles. The van der Waals surface area contributed by atoms with E-state index in [-0.39, 0.29) is 0 Å². The van der Waals surface area contributed by atoms with Gasteiger partial charge in [0, 0.05) is 11.6 Å². The molecule has 1 aromatic rings. The van der Waals surface area contributed by atoms with E-state index in [1.165, 1.54) is 0 Å². The second-order valence-electron chi connectivity index (χ2n) is 4.15. The number of rotatable bonds is 7. The van der Waals surface area contributed by atoms with Gasteiger partial charge >= 0.3 is 0 Å². The van der Waals surface area contributed by atoms with E-state index in [2.05, 4.69) is 11.9 Å². The van der Waals surface area contributed by atoms with E-state index in [1.54, 1.807) is 7.11 Å². The van der Waals surface area contributed by atoms with E-state index >= 15 is 0 Å². The van der Waals surface area contributed by atoms with Crippen molar-refractivity contribution in [2.24, 2.45) is 5.73 Å². The first-order chi connectivity index (χ1) is 8.17. The van der Waals surface area contributed by atoms with Crippen LogP contribution >= 0.6 is 11.6 Å². The molecule has 1 aromatic carbocycles. The zero-order valence-electron chi connectivity index (χ0n) is 10.6. The molecular weight excluding hydrogens is 236 g/mol. The van der Waals surface area contributed by atoms with Crippen molar-refractivity contribution in [3.05, 3.63) is 28.8 Å². The van der Waals surface area contributed by atoms with Gasteiger partial charge in [-0.1, -0.05) is 11.6 Å². The summed E-state index contributed by atoms with van der Waals surface area (Å²) >= 11 is 5.99. The highest BCUT2D eigenvalue weighted by Crippen LogP contribution is 2.23. The second kappa shape index (κ2) is 7.54. The minimum Gasteiger partial charge on any atom is -0.496 e. The van der Waals surface area contributed by atoms with Gasteiger partial charge in [-0.05, 0) is 56.7 Å². The van der Waals surface area contributed by atoms with Crippen LogP contribution in [-0.2, 0) is 6.42 Å². The topological polar surface area (TPSA) is 38.5 Å². The van der Waals surface area contributed by atoms with E-state index in [9.17, 15) is 0 Å². The van der Waals surface area contributed by atoms with Crippen molar-refractivity contribution in [3.8, 4) is 5.75 Å². The lowest BCUT2D eigenvalue weighted by molar-refractivity contribution is 0.332. The third-order valence-corrected chi connectivity index (χ3v) is 2.98. The van der Waals surface area contributed by atoms with Gasteiger partial charge in [0.2, 0.25) is 0 Å². The summed E-state index contributed by atoms with van der Waals surface area (Å²) in [6, 6.07) is 5.73. The number of methoxy groups -OCH3 is 1. The number of ether oxygens (including phenoxy) is 1. The van der Waals surface area contributed by atoms with Crippen LogP contribution in [-0.4, -0.2) is 38.7 Å². The average Bonchev–Trinajstić information content (AvgIpc) is 2.34. The summed E-state index contributed by atoms with van der Waals surface area (Å²) in [5, 5.41) is 0.755. The minimum absolute atomic E-state index is 0.741. The van der Waals surface area contributed by atoms with Gasteiger partial charge in [0.15, 0.2) is 0 Å². The highest BCUT2D eigenvalue weighted by Gasteiger charge is 2.05. The highest BCUT2D eigenvalue weighted by atomic mass is 35.5. The monoisotopic (exact) mass is 256 g/mol. The average molecular weight is 257 g/mol. The number of hydrogen-bond donors (Lipinski definition) is 1. The van der Waals surface area contributed by atoms with Crippen LogP contribution in [0.1, 0.15) is 12.0 Å². The molecule has 0 radical (unpaired) electrons. The Morgan fingerprint density at radius 2 is 2.12 bits per heavy atom. The second-order valence-corrected chi connectivity index (χ2v) is 4.59. The normalized spacial score (nSPS) is 10.9. The number of halogens is 1. The Morgan fingerprint density at radius 3 is 2.76 bits per heavy atom. The maximum absolute atomic E-state index is 5.99. The molecule has 17 heavy (non-hydrogen) atoms. The van der Waals surface area contributed by atoms with Crippen LogP contribution in [0, 0.1) is 0 Å². The van der Waals surface area contributed by atoms with Crippen molar-refractivity contribution >= 4 is 11.6 Å². The van der Waals surface area contributed by atoms with Crippen molar-refractivity contribution in [1.29, 1.82) is 0 Å². The number of nitrogens with two attached hydrogens (primary N) is 1. The molecule has 0 atom stereocenters. The van der Waals surface area contributed by atoms with Crippen LogP contribution < -0.4 is 10.5 Å². The van der Waals surface area contributed by atoms with Crippen molar-refractivity contribution in [2.45, 2.75) is 12.8 Å². The number of likely N-dealkylation sites (N-methyl/N-ethyl adjacent to an activating group) is 1. The summed E-state index contributed by atoms with van der Waals surface area (Å²) in [4.78, 5) is 2.27. The van der Waals surface area contributed by atoms with E-state index in [0.29, 0.717) is 0 Å². The summed E-state index contributed by atoms with van der Waals surface area (Å²) in [6.07, 6.45) is 1.97. The highest BCUT2D eigenvalue weighted by molar-refractivity contribution is 6.30. The lowest BCUT2D eigenvalue weighted by Gasteiger charge is -2.17. The van der Waals surface area contributed by atoms with Crippen LogP contribution in [0.3, 0.4) is 0 Å². The zero-order valence-corrected chi connectivity index (χ0v) is 11.3. The third-order valence-electron chi connectivity index (χ3n) is 2.75. The Hall–Kier alpha value is -0.770. The molecule has 1 rings (SSSR count). The first-order valence-electron chi connectivity index (χ1n) is 5.88. The lowest BCUT2D eigenvalue weighted by Crippen LogP contribution is -2.24. The molecule has 0 bridgehead atoms. The van der Waals surface area contributed by atoms with E-state index in [1.807, 2.05) is 18.2 Å². The fourth-order valence-corrected chi connectivity index (χ4v) is 1.92. The van der Waals surface area contributed by atoms with Gasteiger partial charge < -0.3 is 15.4 Å². The van der Waals surface area contributed by atoms with E-state index in [0.717, 1.165) is 48.8 Å². The Labute approximate surface area is 109 Å². The molecule has 0 unspecified atom stereocenters. The maximum Gasteiger partial charge on any atom is 0.122 e.